The van der Waals surface area contributed by atoms with Crippen LogP contribution in [0, 0.1) is 5.92 Å². The van der Waals surface area contributed by atoms with Gasteiger partial charge in [-0.15, -0.1) is 0 Å². The van der Waals surface area contributed by atoms with Gasteiger partial charge < -0.3 is 43.0 Å². The minimum absolute atomic E-state index is 0.0238. The summed E-state index contributed by atoms with van der Waals surface area (Å²) in [6, 6.07) is 0. The first-order valence-electron chi connectivity index (χ1n) is 10.6. The highest BCUT2D eigenvalue weighted by Crippen LogP contribution is 2.38. The molecule has 0 aliphatic carbocycles. The number of rotatable bonds is 10. The van der Waals surface area contributed by atoms with Crippen LogP contribution < -0.4 is 0 Å². The molecule has 182 valence electrons. The summed E-state index contributed by atoms with van der Waals surface area (Å²) in [6.45, 7) is 5.81. The molecule has 2 heterocycles. The maximum atomic E-state index is 12.1. The van der Waals surface area contributed by atoms with Crippen molar-refractivity contribution >= 4 is 5.97 Å². The molecular weight excluding hydrogens is 412 g/mol. The highest BCUT2D eigenvalue weighted by atomic mass is 16.7. The van der Waals surface area contributed by atoms with E-state index in [1.54, 1.807) is 14.2 Å². The topological polar surface area (TPSA) is 111 Å². The van der Waals surface area contributed by atoms with Gasteiger partial charge in [-0.1, -0.05) is 13.8 Å². The van der Waals surface area contributed by atoms with E-state index in [1.807, 2.05) is 6.92 Å². The quantitative estimate of drug-likeness (QED) is 0.519. The van der Waals surface area contributed by atoms with Crippen LogP contribution in [-0.4, -0.2) is 108 Å². The minimum Gasteiger partial charge on any atom is -0.479 e. The zero-order valence-electron chi connectivity index (χ0n) is 19.7. The second-order valence-corrected chi connectivity index (χ2v) is 8.19. The maximum Gasteiger partial charge on any atom is 0.338 e. The van der Waals surface area contributed by atoms with Crippen LogP contribution in [0.4, 0.5) is 0 Å². The molecule has 2 aliphatic heterocycles. The Hall–Kier alpha value is -0.850. The van der Waals surface area contributed by atoms with E-state index in [9.17, 15) is 9.90 Å². The smallest absolute Gasteiger partial charge is 0.338 e. The fourth-order valence-corrected chi connectivity index (χ4v) is 4.74. The van der Waals surface area contributed by atoms with Crippen LogP contribution in [0.5, 0.6) is 0 Å². The number of carboxylic acid groups (broad SMARTS) is 1. The fraction of sp³-hybridized carbons (Fsp3) is 0.952. The molecule has 0 amide bonds. The van der Waals surface area contributed by atoms with Gasteiger partial charge in [0, 0.05) is 41.5 Å². The SMILES string of the molecule is CCC1OC(COC)C(OC2OC(C)(C(=O)O)C(OC)C(OC)C2OC)C(OC)C1C. The molecule has 10 heteroatoms. The van der Waals surface area contributed by atoms with Crippen LogP contribution in [-0.2, 0) is 42.7 Å². The monoisotopic (exact) mass is 450 g/mol. The molecule has 2 rings (SSSR count). The largest absolute Gasteiger partial charge is 0.479 e. The Morgan fingerprint density at radius 3 is 2.00 bits per heavy atom. The summed E-state index contributed by atoms with van der Waals surface area (Å²) in [5.41, 5.74) is -1.72. The third-order valence-electron chi connectivity index (χ3n) is 6.46. The predicted molar refractivity (Wildman–Crippen MR) is 109 cm³/mol. The number of carboxylic acids is 1. The number of hydrogen-bond donors (Lipinski definition) is 1. The average Bonchev–Trinajstić information content (AvgIpc) is 2.75. The summed E-state index contributed by atoms with van der Waals surface area (Å²) in [6.07, 6.45) is -4.04. The van der Waals surface area contributed by atoms with Gasteiger partial charge in [-0.2, -0.15) is 0 Å². The summed E-state index contributed by atoms with van der Waals surface area (Å²) in [4.78, 5) is 12.1. The zero-order valence-corrected chi connectivity index (χ0v) is 19.7. The lowest BCUT2D eigenvalue weighted by atomic mass is 9.85. The molecule has 10 atom stereocenters. The van der Waals surface area contributed by atoms with Crippen LogP contribution in [0.1, 0.15) is 27.2 Å². The first-order chi connectivity index (χ1) is 14.7. The van der Waals surface area contributed by atoms with Crippen molar-refractivity contribution in [3.8, 4) is 0 Å². The van der Waals surface area contributed by atoms with Crippen molar-refractivity contribution in [2.45, 2.75) is 81.8 Å². The third kappa shape index (κ3) is 5.06. The molecule has 2 aliphatic rings. The highest BCUT2D eigenvalue weighted by molar-refractivity contribution is 5.78. The lowest BCUT2D eigenvalue weighted by Crippen LogP contribution is -2.69. The lowest BCUT2D eigenvalue weighted by molar-refractivity contribution is -0.360. The molecule has 10 nitrogen and oxygen atoms in total. The number of carbonyl (C=O) groups is 1. The summed E-state index contributed by atoms with van der Waals surface area (Å²) in [7, 11) is 7.57. The molecule has 0 radical (unpaired) electrons. The number of ether oxygens (including phenoxy) is 8. The van der Waals surface area contributed by atoms with E-state index in [1.165, 1.54) is 28.3 Å². The summed E-state index contributed by atoms with van der Waals surface area (Å²) in [5, 5.41) is 9.91. The van der Waals surface area contributed by atoms with Gasteiger partial charge in [0.1, 0.15) is 30.5 Å². The van der Waals surface area contributed by atoms with Gasteiger partial charge in [0.25, 0.3) is 0 Å². The highest BCUT2D eigenvalue weighted by Gasteiger charge is 2.59. The van der Waals surface area contributed by atoms with Crippen molar-refractivity contribution in [3.63, 3.8) is 0 Å². The normalized spacial score (nSPS) is 43.7. The Bertz CT molecular complexity index is 574. The minimum atomic E-state index is -1.72. The molecule has 2 fully saturated rings. The van der Waals surface area contributed by atoms with Crippen molar-refractivity contribution in [2.75, 3.05) is 42.2 Å². The molecular formula is C21H38O10. The van der Waals surface area contributed by atoms with Gasteiger partial charge in [0.15, 0.2) is 11.9 Å². The Morgan fingerprint density at radius 2 is 1.55 bits per heavy atom. The van der Waals surface area contributed by atoms with Gasteiger partial charge in [0.05, 0.1) is 18.8 Å². The van der Waals surface area contributed by atoms with E-state index in [4.69, 9.17) is 37.9 Å². The van der Waals surface area contributed by atoms with Crippen LogP contribution in [0.15, 0.2) is 0 Å². The first kappa shape index (κ1) is 26.4. The van der Waals surface area contributed by atoms with Crippen molar-refractivity contribution < 1.29 is 47.8 Å². The van der Waals surface area contributed by atoms with Crippen LogP contribution >= 0.6 is 0 Å². The fourth-order valence-electron chi connectivity index (χ4n) is 4.74. The Kier molecular flexibility index (Phi) is 9.65. The second-order valence-electron chi connectivity index (χ2n) is 8.19. The van der Waals surface area contributed by atoms with Crippen LogP contribution in [0.3, 0.4) is 0 Å². The van der Waals surface area contributed by atoms with E-state index < -0.39 is 48.4 Å². The Balaban J connectivity index is 2.40. The van der Waals surface area contributed by atoms with Crippen molar-refractivity contribution in [1.29, 1.82) is 0 Å². The van der Waals surface area contributed by atoms with E-state index >= 15 is 0 Å². The van der Waals surface area contributed by atoms with Gasteiger partial charge in [-0.25, -0.2) is 4.79 Å². The molecule has 1 N–H and O–H groups in total. The van der Waals surface area contributed by atoms with Gasteiger partial charge >= 0.3 is 5.97 Å². The van der Waals surface area contributed by atoms with Crippen molar-refractivity contribution in [3.05, 3.63) is 0 Å². The summed E-state index contributed by atoms with van der Waals surface area (Å²) in [5.74, 6) is -1.16. The first-order valence-corrected chi connectivity index (χ1v) is 10.6. The maximum absolute atomic E-state index is 12.1. The molecule has 31 heavy (non-hydrogen) atoms. The molecule has 0 bridgehead atoms. The predicted octanol–water partition coefficient (Wildman–Crippen LogP) is 1.09. The van der Waals surface area contributed by atoms with Gasteiger partial charge in [0.2, 0.25) is 0 Å². The summed E-state index contributed by atoms with van der Waals surface area (Å²) >= 11 is 0. The number of aliphatic carboxylic acids is 1. The summed E-state index contributed by atoms with van der Waals surface area (Å²) < 4.78 is 46.4. The van der Waals surface area contributed by atoms with Gasteiger partial charge in [-0.3, -0.25) is 0 Å². The van der Waals surface area contributed by atoms with Crippen molar-refractivity contribution in [2.24, 2.45) is 5.92 Å². The molecule has 0 aromatic carbocycles. The molecule has 0 saturated carbocycles. The molecule has 10 unspecified atom stereocenters. The Labute approximate surface area is 184 Å². The molecule has 0 spiro atoms. The number of hydrogen-bond acceptors (Lipinski definition) is 9. The van der Waals surface area contributed by atoms with Crippen molar-refractivity contribution in [1.82, 2.24) is 0 Å². The van der Waals surface area contributed by atoms with E-state index in [-0.39, 0.29) is 24.7 Å². The van der Waals surface area contributed by atoms with E-state index in [0.29, 0.717) is 0 Å². The Morgan fingerprint density at radius 1 is 0.935 bits per heavy atom. The van der Waals surface area contributed by atoms with Crippen LogP contribution in [0.2, 0.25) is 0 Å². The average molecular weight is 451 g/mol. The third-order valence-corrected chi connectivity index (χ3v) is 6.46. The molecule has 0 aromatic rings. The molecule has 2 saturated heterocycles. The zero-order chi connectivity index (χ0) is 23.3. The second kappa shape index (κ2) is 11.3. The van der Waals surface area contributed by atoms with Gasteiger partial charge in [-0.05, 0) is 13.3 Å². The lowest BCUT2D eigenvalue weighted by Gasteiger charge is -2.51. The van der Waals surface area contributed by atoms with Crippen LogP contribution in [0.25, 0.3) is 0 Å². The number of methoxy groups -OCH3 is 5. The molecule has 0 aromatic heterocycles. The van der Waals surface area contributed by atoms with E-state index in [2.05, 4.69) is 6.92 Å². The standard InChI is InChI=1S/C21H38O10/c1-9-12-11(2)14(25-5)15(13(29-12)10-24-4)30-19-17(27-7)16(26-6)18(28-8)21(3,31-19)20(22)23/h11-19H,9-10H2,1-8H3,(H,22,23). The van der Waals surface area contributed by atoms with E-state index in [0.717, 1.165) is 6.42 Å².